The highest BCUT2D eigenvalue weighted by Gasteiger charge is 2.45. The van der Waals surface area contributed by atoms with E-state index in [2.05, 4.69) is 144 Å². The summed E-state index contributed by atoms with van der Waals surface area (Å²) in [6, 6.07) is 70.5. The molecule has 0 amide bonds. The summed E-state index contributed by atoms with van der Waals surface area (Å²) in [4.78, 5) is 18.9. The van der Waals surface area contributed by atoms with E-state index in [1.807, 2.05) is 66.7 Å². The molecule has 1 aliphatic heterocycles. The maximum atomic E-state index is 7.38. The molecule has 2 heterocycles. The number of ether oxygens (including phenoxy) is 1. The van der Waals surface area contributed by atoms with Crippen molar-refractivity contribution in [1.29, 1.82) is 0 Å². The van der Waals surface area contributed by atoms with Gasteiger partial charge in [0.1, 0.15) is 11.5 Å². The van der Waals surface area contributed by atoms with E-state index in [0.29, 0.717) is 23.2 Å². The van der Waals surface area contributed by atoms with Gasteiger partial charge in [0.05, 0.1) is 12.0 Å². The minimum Gasteiger partial charge on any atom is -0.457 e. The molecule has 0 saturated heterocycles. The Morgan fingerprint density at radius 1 is 0.362 bits per heavy atom. The van der Waals surface area contributed by atoms with Gasteiger partial charge in [-0.25, -0.2) is 19.8 Å². The van der Waals surface area contributed by atoms with Gasteiger partial charge in [-0.3, -0.25) is 0 Å². The lowest BCUT2D eigenvalue weighted by Crippen LogP contribution is -2.34. The Morgan fingerprint density at radius 2 is 0.810 bits per heavy atom. The molecule has 1 aromatic heterocycles. The Morgan fingerprint density at radius 3 is 1.47 bits per heavy atom. The summed E-state index contributed by atoms with van der Waals surface area (Å²) in [5.74, 6) is 3.20. The van der Waals surface area contributed by atoms with Crippen LogP contribution in [-0.2, 0) is 5.41 Å². The summed E-state index contributed by atoms with van der Waals surface area (Å²) in [7, 11) is 0. The van der Waals surface area contributed by atoms with Gasteiger partial charge < -0.3 is 4.74 Å². The van der Waals surface area contributed by atoms with Crippen LogP contribution in [-0.4, -0.2) is 15.0 Å². The Balaban J connectivity index is 1.14. The molecule has 0 atom stereocenters. The highest BCUT2D eigenvalue weighted by atomic mass is 16.5. The number of hydrogen-bond donors (Lipinski definition) is 0. The van der Waals surface area contributed by atoms with Crippen molar-refractivity contribution < 1.29 is 4.74 Å². The minimum absolute atomic E-state index is 0.536. The molecule has 272 valence electrons. The summed E-state index contributed by atoms with van der Waals surface area (Å²) >= 11 is 0. The molecule has 5 heteroatoms. The molecule has 0 N–H and O–H groups in total. The van der Waals surface area contributed by atoms with Crippen molar-refractivity contribution in [2.24, 2.45) is 0 Å². The third-order valence-corrected chi connectivity index (χ3v) is 10.9. The summed E-state index contributed by atoms with van der Waals surface area (Å²) in [5, 5.41) is 0. The first-order valence-corrected chi connectivity index (χ1v) is 19.2. The van der Waals surface area contributed by atoms with Crippen molar-refractivity contribution in [1.82, 2.24) is 15.0 Å². The number of fused-ring (bicyclic) bond motifs is 2. The van der Waals surface area contributed by atoms with E-state index in [0.717, 1.165) is 72.7 Å². The van der Waals surface area contributed by atoms with Crippen LogP contribution >= 0.6 is 0 Å². The zero-order valence-corrected chi connectivity index (χ0v) is 31.3. The lowest BCUT2D eigenvalue weighted by molar-refractivity contribution is 0.434. The van der Waals surface area contributed by atoms with Crippen LogP contribution in [0, 0.1) is 6.57 Å². The highest BCUT2D eigenvalue weighted by Crippen LogP contribution is 2.55. The van der Waals surface area contributed by atoms with Crippen molar-refractivity contribution in [3.8, 4) is 67.9 Å². The fraction of sp³-hybridized carbons (Fsp3) is 0.0189. The molecule has 0 fully saturated rings. The van der Waals surface area contributed by atoms with E-state index in [4.69, 9.17) is 26.3 Å². The molecule has 0 radical (unpaired) electrons. The van der Waals surface area contributed by atoms with Crippen LogP contribution in [0.25, 0.3) is 61.3 Å². The van der Waals surface area contributed by atoms with E-state index in [-0.39, 0.29) is 0 Å². The molecule has 0 saturated carbocycles. The normalized spacial score (nSPS) is 12.4. The van der Waals surface area contributed by atoms with Gasteiger partial charge in [-0.1, -0.05) is 188 Å². The van der Waals surface area contributed by atoms with E-state index in [1.165, 1.54) is 0 Å². The third kappa shape index (κ3) is 6.10. The molecule has 5 nitrogen and oxygen atoms in total. The number of hydrogen-bond acceptors (Lipinski definition) is 4. The molecule has 0 bridgehead atoms. The van der Waals surface area contributed by atoms with E-state index >= 15 is 0 Å². The smallest absolute Gasteiger partial charge is 0.187 e. The monoisotopic (exact) mass is 742 g/mol. The predicted octanol–water partition coefficient (Wildman–Crippen LogP) is 13.2. The van der Waals surface area contributed by atoms with Crippen LogP contribution in [0.1, 0.15) is 22.3 Å². The Kier molecular flexibility index (Phi) is 8.70. The average Bonchev–Trinajstić information content (AvgIpc) is 3.31. The quantitative estimate of drug-likeness (QED) is 0.153. The Bertz CT molecular complexity index is 2920. The van der Waals surface area contributed by atoms with Gasteiger partial charge in [0.25, 0.3) is 0 Å². The van der Waals surface area contributed by atoms with Crippen molar-refractivity contribution in [3.05, 3.63) is 240 Å². The number of nitrogens with zero attached hydrogens (tertiary/aromatic N) is 4. The van der Waals surface area contributed by atoms with Crippen LogP contribution in [0.3, 0.4) is 0 Å². The Labute approximate surface area is 337 Å². The van der Waals surface area contributed by atoms with E-state index in [1.54, 1.807) is 0 Å². The number of rotatable bonds is 7. The third-order valence-electron chi connectivity index (χ3n) is 10.9. The molecular formula is C53H34N4O. The molecular weight excluding hydrogens is 709 g/mol. The summed E-state index contributed by atoms with van der Waals surface area (Å²) < 4.78 is 6.81. The van der Waals surface area contributed by atoms with Crippen LogP contribution in [0.2, 0.25) is 0 Å². The van der Waals surface area contributed by atoms with Gasteiger partial charge in [-0.2, -0.15) is 0 Å². The first-order valence-electron chi connectivity index (χ1n) is 19.2. The predicted molar refractivity (Wildman–Crippen MR) is 232 cm³/mol. The van der Waals surface area contributed by atoms with Crippen molar-refractivity contribution >= 4 is 5.69 Å². The lowest BCUT2D eigenvalue weighted by atomic mass is 9.63. The maximum Gasteiger partial charge on any atom is 0.187 e. The second kappa shape index (κ2) is 14.6. The van der Waals surface area contributed by atoms with Gasteiger partial charge in [-0.05, 0) is 51.6 Å². The van der Waals surface area contributed by atoms with Gasteiger partial charge in [0, 0.05) is 27.8 Å². The first-order chi connectivity index (χ1) is 28.7. The molecule has 8 aromatic carbocycles. The van der Waals surface area contributed by atoms with E-state index in [9.17, 15) is 0 Å². The standard InChI is InChI=1S/C53H34N4O/c1-54-45-31-28-38(29-32-45)40-16-13-17-41(34-40)51-55-50(39-26-24-37(25-27-39)36-14-5-2-6-15-36)56-52(57-51)42-30-33-47-49(35-42)58-48-23-12-11-22-46(48)53(47,43-18-7-3-8-19-43)44-20-9-4-10-21-44/h2-35H. The number of aromatic nitrogens is 3. The SMILES string of the molecule is [C-]#[N+]c1ccc(-c2cccc(-c3nc(-c4ccc(-c5ccccc5)cc4)nc(-c4ccc5c(c4)Oc4ccccc4C5(c4ccccc4)c4ccccc4)n3)c2)cc1. The topological polar surface area (TPSA) is 52.3 Å². The average molecular weight is 743 g/mol. The van der Waals surface area contributed by atoms with Crippen molar-refractivity contribution in [2.45, 2.75) is 5.41 Å². The van der Waals surface area contributed by atoms with Gasteiger partial charge in [0.15, 0.2) is 23.2 Å². The fourth-order valence-electron chi connectivity index (χ4n) is 8.12. The van der Waals surface area contributed by atoms with Gasteiger partial charge >= 0.3 is 0 Å². The molecule has 0 spiro atoms. The van der Waals surface area contributed by atoms with Gasteiger partial charge in [0.2, 0.25) is 0 Å². The number of benzene rings is 8. The minimum atomic E-state index is -0.630. The summed E-state index contributed by atoms with van der Waals surface area (Å²) in [6.45, 7) is 7.38. The van der Waals surface area contributed by atoms with Crippen LogP contribution in [0.4, 0.5) is 5.69 Å². The second-order valence-electron chi connectivity index (χ2n) is 14.3. The van der Waals surface area contributed by atoms with Crippen molar-refractivity contribution in [2.75, 3.05) is 0 Å². The zero-order valence-electron chi connectivity index (χ0n) is 31.3. The van der Waals surface area contributed by atoms with Crippen LogP contribution < -0.4 is 4.74 Å². The largest absolute Gasteiger partial charge is 0.457 e. The molecule has 1 aliphatic rings. The number of para-hydroxylation sites is 1. The van der Waals surface area contributed by atoms with E-state index < -0.39 is 5.41 Å². The second-order valence-corrected chi connectivity index (χ2v) is 14.3. The first kappa shape index (κ1) is 34.5. The van der Waals surface area contributed by atoms with Crippen LogP contribution in [0.5, 0.6) is 11.5 Å². The molecule has 58 heavy (non-hydrogen) atoms. The summed E-state index contributed by atoms with van der Waals surface area (Å²) in [6.07, 6.45) is 0. The maximum absolute atomic E-state index is 7.38. The molecule has 0 unspecified atom stereocenters. The van der Waals surface area contributed by atoms with Gasteiger partial charge in [-0.15, -0.1) is 0 Å². The highest BCUT2D eigenvalue weighted by molar-refractivity contribution is 5.76. The molecule has 10 rings (SSSR count). The molecule has 0 aliphatic carbocycles. The zero-order chi connectivity index (χ0) is 38.9. The lowest BCUT2D eigenvalue weighted by Gasteiger charge is -2.41. The van der Waals surface area contributed by atoms with Crippen molar-refractivity contribution in [3.63, 3.8) is 0 Å². The summed E-state index contributed by atoms with van der Waals surface area (Å²) in [5.41, 5.74) is 11.2. The molecule has 9 aromatic rings. The Hall–Kier alpha value is -7.94. The fourth-order valence-corrected chi connectivity index (χ4v) is 8.12. The van der Waals surface area contributed by atoms with Crippen LogP contribution in [0.15, 0.2) is 206 Å².